The Bertz CT molecular complexity index is 211. The Kier molecular flexibility index (Phi) is 5.10. The van der Waals surface area contributed by atoms with Gasteiger partial charge in [0.1, 0.15) is 24.4 Å². The SMILES string of the molecule is CCC(C)OCC1OC(O)C(O)C(O)C1O. The summed E-state index contributed by atoms with van der Waals surface area (Å²) in [6.45, 7) is 3.89. The summed E-state index contributed by atoms with van der Waals surface area (Å²) in [6.07, 6.45) is -5.67. The van der Waals surface area contributed by atoms with Crippen molar-refractivity contribution in [2.45, 2.75) is 57.1 Å². The first-order valence-electron chi connectivity index (χ1n) is 5.46. The highest BCUT2D eigenvalue weighted by Crippen LogP contribution is 2.20. The molecule has 1 saturated heterocycles. The minimum atomic E-state index is -1.50. The normalized spacial score (nSPS) is 42.0. The largest absolute Gasteiger partial charge is 0.387 e. The highest BCUT2D eigenvalue weighted by molar-refractivity contribution is 4.88. The standard InChI is InChI=1S/C10H20O6/c1-3-5(2)15-4-6-7(11)8(12)9(13)10(14)16-6/h5-14H,3-4H2,1-2H3. The molecule has 1 heterocycles. The summed E-state index contributed by atoms with van der Waals surface area (Å²) in [7, 11) is 0. The highest BCUT2D eigenvalue weighted by atomic mass is 16.6. The fraction of sp³-hybridized carbons (Fsp3) is 1.00. The highest BCUT2D eigenvalue weighted by Gasteiger charge is 2.43. The van der Waals surface area contributed by atoms with E-state index in [9.17, 15) is 20.4 Å². The van der Waals surface area contributed by atoms with Crippen molar-refractivity contribution in [3.05, 3.63) is 0 Å². The number of hydrogen-bond donors (Lipinski definition) is 4. The molecule has 1 fully saturated rings. The molecular weight excluding hydrogens is 216 g/mol. The molecule has 1 aliphatic heterocycles. The number of rotatable bonds is 4. The van der Waals surface area contributed by atoms with Crippen LogP contribution in [0.5, 0.6) is 0 Å². The Hall–Kier alpha value is -0.240. The third kappa shape index (κ3) is 3.13. The van der Waals surface area contributed by atoms with Gasteiger partial charge in [0.25, 0.3) is 0 Å². The third-order valence-corrected chi connectivity index (χ3v) is 2.81. The zero-order chi connectivity index (χ0) is 12.3. The summed E-state index contributed by atoms with van der Waals surface area (Å²) < 4.78 is 10.3. The molecule has 6 nitrogen and oxygen atoms in total. The van der Waals surface area contributed by atoms with E-state index < -0.39 is 30.7 Å². The summed E-state index contributed by atoms with van der Waals surface area (Å²) in [5, 5.41) is 37.5. The second kappa shape index (κ2) is 5.90. The summed E-state index contributed by atoms with van der Waals surface area (Å²) in [4.78, 5) is 0. The average molecular weight is 236 g/mol. The lowest BCUT2D eigenvalue weighted by Gasteiger charge is -2.38. The zero-order valence-corrected chi connectivity index (χ0v) is 9.48. The van der Waals surface area contributed by atoms with E-state index in [1.807, 2.05) is 13.8 Å². The van der Waals surface area contributed by atoms with Gasteiger partial charge in [-0.15, -0.1) is 0 Å². The van der Waals surface area contributed by atoms with E-state index in [0.717, 1.165) is 6.42 Å². The first-order valence-corrected chi connectivity index (χ1v) is 5.46. The minimum absolute atomic E-state index is 0.0111. The maximum atomic E-state index is 9.59. The molecule has 0 saturated carbocycles. The molecule has 0 amide bonds. The van der Waals surface area contributed by atoms with Crippen molar-refractivity contribution in [1.29, 1.82) is 0 Å². The summed E-state index contributed by atoms with van der Waals surface area (Å²) in [5.74, 6) is 0. The van der Waals surface area contributed by atoms with Crippen molar-refractivity contribution in [2.24, 2.45) is 0 Å². The lowest BCUT2D eigenvalue weighted by Crippen LogP contribution is -2.58. The Labute approximate surface area is 94.4 Å². The van der Waals surface area contributed by atoms with Crippen LogP contribution in [0.4, 0.5) is 0 Å². The number of ether oxygens (including phenoxy) is 2. The van der Waals surface area contributed by atoms with Crippen molar-refractivity contribution in [2.75, 3.05) is 6.61 Å². The molecule has 0 aromatic carbocycles. The van der Waals surface area contributed by atoms with Gasteiger partial charge in [-0.1, -0.05) is 6.92 Å². The second-order valence-electron chi connectivity index (χ2n) is 4.09. The van der Waals surface area contributed by atoms with Crippen LogP contribution in [-0.2, 0) is 9.47 Å². The van der Waals surface area contributed by atoms with E-state index in [-0.39, 0.29) is 12.7 Å². The summed E-state index contributed by atoms with van der Waals surface area (Å²) in [5.41, 5.74) is 0. The Morgan fingerprint density at radius 2 is 1.75 bits per heavy atom. The van der Waals surface area contributed by atoms with Crippen molar-refractivity contribution >= 4 is 0 Å². The van der Waals surface area contributed by atoms with Gasteiger partial charge < -0.3 is 29.9 Å². The summed E-state index contributed by atoms with van der Waals surface area (Å²) >= 11 is 0. The molecule has 96 valence electrons. The number of aliphatic hydroxyl groups excluding tert-OH is 4. The average Bonchev–Trinajstić information content (AvgIpc) is 2.28. The van der Waals surface area contributed by atoms with Gasteiger partial charge in [-0.2, -0.15) is 0 Å². The van der Waals surface area contributed by atoms with E-state index in [0.29, 0.717) is 0 Å². The maximum absolute atomic E-state index is 9.59. The van der Waals surface area contributed by atoms with Crippen LogP contribution in [-0.4, -0.2) is 63.8 Å². The van der Waals surface area contributed by atoms with Crippen LogP contribution in [0.1, 0.15) is 20.3 Å². The van der Waals surface area contributed by atoms with Crippen LogP contribution in [0.15, 0.2) is 0 Å². The van der Waals surface area contributed by atoms with Crippen molar-refractivity contribution < 1.29 is 29.9 Å². The van der Waals surface area contributed by atoms with E-state index in [1.165, 1.54) is 0 Å². The monoisotopic (exact) mass is 236 g/mol. The lowest BCUT2D eigenvalue weighted by molar-refractivity contribution is -0.290. The fourth-order valence-electron chi connectivity index (χ4n) is 1.45. The predicted molar refractivity (Wildman–Crippen MR) is 54.6 cm³/mol. The molecule has 0 spiro atoms. The topological polar surface area (TPSA) is 99.4 Å². The third-order valence-electron chi connectivity index (χ3n) is 2.81. The smallest absolute Gasteiger partial charge is 0.184 e. The molecule has 6 unspecified atom stereocenters. The predicted octanol–water partition coefficient (Wildman–Crippen LogP) is -1.40. The molecule has 6 atom stereocenters. The van der Waals surface area contributed by atoms with Crippen LogP contribution < -0.4 is 0 Å². The van der Waals surface area contributed by atoms with Crippen molar-refractivity contribution in [3.8, 4) is 0 Å². The van der Waals surface area contributed by atoms with E-state index in [4.69, 9.17) is 9.47 Å². The van der Waals surface area contributed by atoms with E-state index >= 15 is 0 Å². The molecule has 4 N–H and O–H groups in total. The van der Waals surface area contributed by atoms with E-state index in [1.54, 1.807) is 0 Å². The summed E-state index contributed by atoms with van der Waals surface area (Å²) in [6, 6.07) is 0. The minimum Gasteiger partial charge on any atom is -0.387 e. The molecule has 0 aromatic rings. The Morgan fingerprint density at radius 1 is 1.12 bits per heavy atom. The first-order chi connectivity index (χ1) is 7.47. The van der Waals surface area contributed by atoms with Crippen LogP contribution in [0.3, 0.4) is 0 Å². The van der Waals surface area contributed by atoms with Gasteiger partial charge >= 0.3 is 0 Å². The van der Waals surface area contributed by atoms with Gasteiger partial charge in [0, 0.05) is 0 Å². The molecule has 6 heteroatoms. The van der Waals surface area contributed by atoms with Gasteiger partial charge in [-0.3, -0.25) is 0 Å². The van der Waals surface area contributed by atoms with Gasteiger partial charge in [0.2, 0.25) is 0 Å². The maximum Gasteiger partial charge on any atom is 0.184 e. The molecule has 0 bridgehead atoms. The Morgan fingerprint density at radius 3 is 2.31 bits per heavy atom. The van der Waals surface area contributed by atoms with E-state index in [2.05, 4.69) is 0 Å². The van der Waals surface area contributed by atoms with Crippen LogP contribution >= 0.6 is 0 Å². The molecule has 0 radical (unpaired) electrons. The number of aliphatic hydroxyl groups is 4. The molecule has 0 aliphatic carbocycles. The number of hydrogen-bond acceptors (Lipinski definition) is 6. The Balaban J connectivity index is 2.47. The quantitative estimate of drug-likeness (QED) is 0.479. The molecule has 1 aliphatic rings. The molecular formula is C10H20O6. The second-order valence-corrected chi connectivity index (χ2v) is 4.09. The van der Waals surface area contributed by atoms with Crippen LogP contribution in [0.2, 0.25) is 0 Å². The van der Waals surface area contributed by atoms with Gasteiger partial charge in [-0.05, 0) is 13.3 Å². The van der Waals surface area contributed by atoms with Gasteiger partial charge in [-0.25, -0.2) is 0 Å². The van der Waals surface area contributed by atoms with Crippen LogP contribution in [0, 0.1) is 0 Å². The van der Waals surface area contributed by atoms with Crippen molar-refractivity contribution in [1.82, 2.24) is 0 Å². The lowest BCUT2D eigenvalue weighted by atomic mass is 9.99. The first kappa shape index (κ1) is 13.8. The van der Waals surface area contributed by atoms with Crippen LogP contribution in [0.25, 0.3) is 0 Å². The molecule has 0 aromatic heterocycles. The fourth-order valence-corrected chi connectivity index (χ4v) is 1.45. The van der Waals surface area contributed by atoms with Gasteiger partial charge in [0.15, 0.2) is 6.29 Å². The van der Waals surface area contributed by atoms with Crippen molar-refractivity contribution in [3.63, 3.8) is 0 Å². The molecule has 16 heavy (non-hydrogen) atoms. The van der Waals surface area contributed by atoms with Gasteiger partial charge in [0.05, 0.1) is 12.7 Å². The zero-order valence-electron chi connectivity index (χ0n) is 9.48. The molecule has 1 rings (SSSR count).